The molecule has 0 aromatic heterocycles. The number of hydrogen-bond donors (Lipinski definition) is 1. The third-order valence-corrected chi connectivity index (χ3v) is 6.49. The van der Waals surface area contributed by atoms with Crippen molar-refractivity contribution in [3.63, 3.8) is 0 Å². The monoisotopic (exact) mass is 378 g/mol. The number of hydrogen-bond acceptors (Lipinski definition) is 3. The molecular formula is C24H30N2O2. The Hall–Kier alpha value is -2.33. The van der Waals surface area contributed by atoms with Crippen LogP contribution in [0, 0.1) is 5.92 Å². The minimum atomic E-state index is -0.646. The summed E-state index contributed by atoms with van der Waals surface area (Å²) in [6.45, 7) is 4.99. The summed E-state index contributed by atoms with van der Waals surface area (Å²) in [6.07, 6.45) is 4.97. The highest BCUT2D eigenvalue weighted by atomic mass is 16.4. The van der Waals surface area contributed by atoms with Gasteiger partial charge >= 0.3 is 5.97 Å². The van der Waals surface area contributed by atoms with Crippen LogP contribution in [0.15, 0.2) is 48.5 Å². The van der Waals surface area contributed by atoms with E-state index in [0.717, 1.165) is 51.7 Å². The first-order valence-electron chi connectivity index (χ1n) is 10.6. The van der Waals surface area contributed by atoms with E-state index in [2.05, 4.69) is 65.3 Å². The second-order valence-electron chi connectivity index (χ2n) is 8.13. The number of carboxylic acids is 1. The fraction of sp³-hybridized carbons (Fsp3) is 0.458. The van der Waals surface area contributed by atoms with Crippen LogP contribution in [-0.2, 0) is 17.6 Å². The fourth-order valence-electron chi connectivity index (χ4n) is 4.90. The third kappa shape index (κ3) is 3.79. The lowest BCUT2D eigenvalue weighted by Gasteiger charge is -2.38. The quantitative estimate of drug-likeness (QED) is 0.832. The van der Waals surface area contributed by atoms with Gasteiger partial charge in [0.05, 0.1) is 5.92 Å². The molecule has 2 aliphatic heterocycles. The average molecular weight is 379 g/mol. The van der Waals surface area contributed by atoms with Crippen molar-refractivity contribution >= 4 is 17.3 Å². The van der Waals surface area contributed by atoms with Crippen LogP contribution >= 0.6 is 0 Å². The highest BCUT2D eigenvalue weighted by molar-refractivity contribution is 5.71. The first-order chi connectivity index (χ1) is 13.6. The molecule has 0 spiro atoms. The van der Waals surface area contributed by atoms with Gasteiger partial charge in [0.15, 0.2) is 0 Å². The minimum Gasteiger partial charge on any atom is -0.481 e. The van der Waals surface area contributed by atoms with E-state index < -0.39 is 5.97 Å². The number of likely N-dealkylation sites (tertiary alicyclic amines) is 1. The summed E-state index contributed by atoms with van der Waals surface area (Å²) in [5.41, 5.74) is 5.47. The van der Waals surface area contributed by atoms with E-state index in [1.807, 2.05) is 0 Å². The van der Waals surface area contributed by atoms with Crippen molar-refractivity contribution in [3.8, 4) is 0 Å². The van der Waals surface area contributed by atoms with Gasteiger partial charge < -0.3 is 10.0 Å². The lowest BCUT2D eigenvalue weighted by atomic mass is 9.90. The number of nitrogens with zero attached hydrogens (tertiary/aromatic N) is 2. The molecule has 0 saturated carbocycles. The van der Waals surface area contributed by atoms with Gasteiger partial charge in [-0.2, -0.15) is 0 Å². The number of anilines is 2. The molecule has 2 aromatic rings. The van der Waals surface area contributed by atoms with Gasteiger partial charge in [0.25, 0.3) is 0 Å². The van der Waals surface area contributed by atoms with Gasteiger partial charge in [0, 0.05) is 30.5 Å². The van der Waals surface area contributed by atoms with Crippen molar-refractivity contribution in [2.75, 3.05) is 24.5 Å². The Labute approximate surface area is 167 Å². The number of para-hydroxylation sites is 2. The molecule has 28 heavy (non-hydrogen) atoms. The summed E-state index contributed by atoms with van der Waals surface area (Å²) in [6, 6.07) is 17.6. The SMILES string of the molecule is CC1C(C(=O)O)CCCN1CCCN1c2ccccc2CCc2ccccc21. The van der Waals surface area contributed by atoms with Gasteiger partial charge in [-0.05, 0) is 68.8 Å². The normalized spacial score (nSPS) is 22.2. The van der Waals surface area contributed by atoms with Gasteiger partial charge in [-0.3, -0.25) is 9.69 Å². The van der Waals surface area contributed by atoms with E-state index in [0.29, 0.717) is 0 Å². The molecule has 4 rings (SSSR count). The maximum Gasteiger partial charge on any atom is 0.308 e. The van der Waals surface area contributed by atoms with Crippen molar-refractivity contribution in [3.05, 3.63) is 59.7 Å². The van der Waals surface area contributed by atoms with Crippen LogP contribution in [0.3, 0.4) is 0 Å². The molecule has 4 heteroatoms. The van der Waals surface area contributed by atoms with Crippen LogP contribution in [0.4, 0.5) is 11.4 Å². The van der Waals surface area contributed by atoms with Crippen LogP contribution in [0.2, 0.25) is 0 Å². The van der Waals surface area contributed by atoms with Crippen LogP contribution in [-0.4, -0.2) is 41.7 Å². The summed E-state index contributed by atoms with van der Waals surface area (Å²) >= 11 is 0. The second-order valence-corrected chi connectivity index (χ2v) is 8.13. The zero-order valence-electron chi connectivity index (χ0n) is 16.7. The molecule has 2 aromatic carbocycles. The van der Waals surface area contributed by atoms with Gasteiger partial charge in [-0.15, -0.1) is 0 Å². The minimum absolute atomic E-state index is 0.120. The molecule has 0 aliphatic carbocycles. The number of rotatable bonds is 5. The maximum absolute atomic E-state index is 11.5. The smallest absolute Gasteiger partial charge is 0.308 e. The molecule has 1 fully saturated rings. The van der Waals surface area contributed by atoms with E-state index in [9.17, 15) is 9.90 Å². The molecule has 1 N–H and O–H groups in total. The van der Waals surface area contributed by atoms with E-state index in [1.165, 1.54) is 22.5 Å². The number of carboxylic acid groups (broad SMARTS) is 1. The van der Waals surface area contributed by atoms with Crippen LogP contribution in [0.1, 0.15) is 37.3 Å². The van der Waals surface area contributed by atoms with Crippen LogP contribution in [0.25, 0.3) is 0 Å². The summed E-state index contributed by atoms with van der Waals surface area (Å²) in [7, 11) is 0. The van der Waals surface area contributed by atoms with E-state index >= 15 is 0 Å². The van der Waals surface area contributed by atoms with E-state index in [-0.39, 0.29) is 12.0 Å². The molecule has 2 aliphatic rings. The van der Waals surface area contributed by atoms with Crippen molar-refractivity contribution in [1.29, 1.82) is 0 Å². The predicted octanol–water partition coefficient (Wildman–Crippen LogP) is 4.50. The number of fused-ring (bicyclic) bond motifs is 2. The standard InChI is InChI=1S/C24H30N2O2/c1-18-21(24(27)28)10-6-15-25(18)16-7-17-26-22-11-4-2-8-19(22)13-14-20-9-3-5-12-23(20)26/h2-5,8-9,11-12,18,21H,6-7,10,13-17H2,1H3,(H,27,28). The number of carbonyl (C=O) groups is 1. The first kappa shape index (κ1) is 19.0. The molecule has 0 bridgehead atoms. The Morgan fingerprint density at radius 2 is 1.61 bits per heavy atom. The molecule has 2 atom stereocenters. The molecule has 4 nitrogen and oxygen atoms in total. The number of aryl methyl sites for hydroxylation is 2. The molecule has 0 radical (unpaired) electrons. The second kappa shape index (κ2) is 8.36. The molecule has 2 unspecified atom stereocenters. The Morgan fingerprint density at radius 1 is 1.00 bits per heavy atom. The van der Waals surface area contributed by atoms with Crippen molar-refractivity contribution in [2.45, 2.75) is 45.1 Å². The van der Waals surface area contributed by atoms with E-state index in [4.69, 9.17) is 0 Å². The highest BCUT2D eigenvalue weighted by Crippen LogP contribution is 2.36. The summed E-state index contributed by atoms with van der Waals surface area (Å²) < 4.78 is 0. The van der Waals surface area contributed by atoms with E-state index in [1.54, 1.807) is 0 Å². The number of aliphatic carboxylic acids is 1. The Bertz CT molecular complexity index is 787. The zero-order chi connectivity index (χ0) is 19.5. The van der Waals surface area contributed by atoms with Gasteiger partial charge in [-0.1, -0.05) is 36.4 Å². The Morgan fingerprint density at radius 3 is 2.21 bits per heavy atom. The largest absolute Gasteiger partial charge is 0.481 e. The van der Waals surface area contributed by atoms with Crippen LogP contribution < -0.4 is 4.90 Å². The number of benzene rings is 2. The summed E-state index contributed by atoms with van der Waals surface area (Å²) in [4.78, 5) is 16.4. The summed E-state index contributed by atoms with van der Waals surface area (Å²) in [5, 5.41) is 9.47. The molecule has 2 heterocycles. The molecule has 148 valence electrons. The third-order valence-electron chi connectivity index (χ3n) is 6.49. The molecular weight excluding hydrogens is 348 g/mol. The van der Waals surface area contributed by atoms with Crippen molar-refractivity contribution < 1.29 is 9.90 Å². The van der Waals surface area contributed by atoms with Gasteiger partial charge in [0.1, 0.15) is 0 Å². The first-order valence-corrected chi connectivity index (χ1v) is 10.6. The maximum atomic E-state index is 11.5. The average Bonchev–Trinajstić information content (AvgIpc) is 2.86. The van der Waals surface area contributed by atoms with Gasteiger partial charge in [0.2, 0.25) is 0 Å². The zero-order valence-corrected chi connectivity index (χ0v) is 16.7. The lowest BCUT2D eigenvalue weighted by Crippen LogP contribution is -2.46. The Balaban J connectivity index is 1.49. The summed E-state index contributed by atoms with van der Waals surface area (Å²) in [5.74, 6) is -0.874. The highest BCUT2D eigenvalue weighted by Gasteiger charge is 2.32. The number of piperidine rings is 1. The van der Waals surface area contributed by atoms with Crippen molar-refractivity contribution in [1.82, 2.24) is 4.90 Å². The molecule has 0 amide bonds. The van der Waals surface area contributed by atoms with Crippen LogP contribution in [0.5, 0.6) is 0 Å². The Kier molecular flexibility index (Phi) is 5.67. The van der Waals surface area contributed by atoms with Gasteiger partial charge in [-0.25, -0.2) is 0 Å². The van der Waals surface area contributed by atoms with Crippen molar-refractivity contribution in [2.24, 2.45) is 5.92 Å². The fourth-order valence-corrected chi connectivity index (χ4v) is 4.90. The predicted molar refractivity (Wildman–Crippen MR) is 113 cm³/mol. The molecule has 1 saturated heterocycles. The topological polar surface area (TPSA) is 43.8 Å². The lowest BCUT2D eigenvalue weighted by molar-refractivity contribution is -0.145.